The summed E-state index contributed by atoms with van der Waals surface area (Å²) >= 11 is 0. The zero-order valence-corrected chi connectivity index (χ0v) is 18.6. The fourth-order valence-electron chi connectivity index (χ4n) is 3.49. The van der Waals surface area contributed by atoms with E-state index in [0.29, 0.717) is 18.2 Å². The quantitative estimate of drug-likeness (QED) is 0.450. The fourth-order valence-corrected chi connectivity index (χ4v) is 3.49. The molecule has 32 heavy (non-hydrogen) atoms. The summed E-state index contributed by atoms with van der Waals surface area (Å²) in [4.78, 5) is 13.0. The Kier molecular flexibility index (Phi) is 6.39. The van der Waals surface area contributed by atoms with Crippen LogP contribution in [0.4, 0.5) is 0 Å². The molecule has 2 heterocycles. The van der Waals surface area contributed by atoms with Gasteiger partial charge in [0.2, 0.25) is 5.82 Å². The second-order valence-electron chi connectivity index (χ2n) is 7.75. The predicted octanol–water partition coefficient (Wildman–Crippen LogP) is 4.33. The van der Waals surface area contributed by atoms with Crippen molar-refractivity contribution < 1.29 is 0 Å². The van der Waals surface area contributed by atoms with Gasteiger partial charge in [-0.15, -0.1) is 10.2 Å². The summed E-state index contributed by atoms with van der Waals surface area (Å²) in [6.45, 7) is 6.62. The average molecular weight is 430 g/mol. The smallest absolute Gasteiger partial charge is 0.271 e. The zero-order valence-electron chi connectivity index (χ0n) is 18.6. The summed E-state index contributed by atoms with van der Waals surface area (Å²) in [5, 5.41) is 18.8. The van der Waals surface area contributed by atoms with Crippen LogP contribution in [0.5, 0.6) is 0 Å². The molecule has 4 rings (SSSR count). The first-order chi connectivity index (χ1) is 15.6. The molecule has 8 nitrogen and oxygen atoms in total. The van der Waals surface area contributed by atoms with Crippen molar-refractivity contribution in [1.29, 1.82) is 0 Å². The number of H-pyrrole nitrogens is 1. The van der Waals surface area contributed by atoms with Gasteiger partial charge < -0.3 is 0 Å². The van der Waals surface area contributed by atoms with Crippen molar-refractivity contribution in [2.24, 2.45) is 0 Å². The number of benzene rings is 2. The molecule has 0 amide bonds. The van der Waals surface area contributed by atoms with Gasteiger partial charge in [-0.2, -0.15) is 10.3 Å². The molecule has 0 fully saturated rings. The highest BCUT2D eigenvalue weighted by atomic mass is 16.2. The average Bonchev–Trinajstić information content (AvgIpc) is 3.47. The summed E-state index contributed by atoms with van der Waals surface area (Å²) in [5.74, 6) is 1.25. The molecule has 1 atom stereocenters. The molecule has 0 aliphatic rings. The number of nitrogens with one attached hydrogen (secondary N) is 1. The van der Waals surface area contributed by atoms with Crippen molar-refractivity contribution in [1.82, 2.24) is 35.0 Å². The Morgan fingerprint density at radius 1 is 1.06 bits per heavy atom. The second-order valence-corrected chi connectivity index (χ2v) is 7.75. The summed E-state index contributed by atoms with van der Waals surface area (Å²) < 4.78 is 3.33. The van der Waals surface area contributed by atoms with Gasteiger partial charge in [0.05, 0.1) is 12.6 Å². The zero-order chi connectivity index (χ0) is 22.5. The van der Waals surface area contributed by atoms with Crippen molar-refractivity contribution in [2.45, 2.75) is 46.2 Å². The van der Waals surface area contributed by atoms with Crippen LogP contribution in [0, 0.1) is 0 Å². The van der Waals surface area contributed by atoms with E-state index >= 15 is 0 Å². The number of aromatic nitrogens is 7. The van der Waals surface area contributed by atoms with Gasteiger partial charge in [0.15, 0.2) is 5.82 Å². The third kappa shape index (κ3) is 4.44. The molecule has 8 heteroatoms. The Balaban J connectivity index is 1.61. The Bertz CT molecular complexity index is 1250. The number of tetrazole rings is 1. The molecule has 2 aromatic carbocycles. The van der Waals surface area contributed by atoms with E-state index in [1.807, 2.05) is 43.3 Å². The maximum absolute atomic E-state index is 13.0. The summed E-state index contributed by atoms with van der Waals surface area (Å²) in [7, 11) is 0. The van der Waals surface area contributed by atoms with Gasteiger partial charge in [-0.25, -0.2) is 9.48 Å². The third-order valence-electron chi connectivity index (χ3n) is 5.52. The van der Waals surface area contributed by atoms with E-state index in [0.717, 1.165) is 35.1 Å². The van der Waals surface area contributed by atoms with E-state index in [1.54, 1.807) is 9.25 Å². The van der Waals surface area contributed by atoms with Crippen LogP contribution in [0.25, 0.3) is 28.6 Å². The molecule has 1 N–H and O–H groups in total. The molecule has 4 aromatic rings. The van der Waals surface area contributed by atoms with Crippen LogP contribution in [-0.4, -0.2) is 35.0 Å². The lowest BCUT2D eigenvalue weighted by atomic mass is 10.0. The molecule has 164 valence electrons. The van der Waals surface area contributed by atoms with Crippen LogP contribution >= 0.6 is 0 Å². The molecule has 0 spiro atoms. The summed E-state index contributed by atoms with van der Waals surface area (Å²) in [5.41, 5.74) is 4.00. The molecule has 0 saturated carbocycles. The molecular formula is C24H27N7O. The molecule has 0 bridgehead atoms. The molecule has 0 aliphatic carbocycles. The van der Waals surface area contributed by atoms with Crippen LogP contribution < -0.4 is 5.69 Å². The lowest BCUT2D eigenvalue weighted by Gasteiger charge is -2.08. The fraction of sp³-hybridized carbons (Fsp3) is 0.292. The minimum atomic E-state index is -0.0769. The topological polar surface area (TPSA) is 94.3 Å². The van der Waals surface area contributed by atoms with Gasteiger partial charge >= 0.3 is 5.69 Å². The SMILES string of the molecule is CCC=Cc1nn(C(C)CC)c(=O)n1Cc1ccc(-c2cccc(-c3nn[nH]n3)c2)cc1. The number of hydrogen-bond donors (Lipinski definition) is 1. The molecular weight excluding hydrogens is 402 g/mol. The van der Waals surface area contributed by atoms with Crippen LogP contribution in [0.1, 0.15) is 51.0 Å². The molecule has 0 aliphatic heterocycles. The van der Waals surface area contributed by atoms with Crippen LogP contribution in [0.2, 0.25) is 0 Å². The summed E-state index contributed by atoms with van der Waals surface area (Å²) in [6.07, 6.45) is 5.70. The van der Waals surface area contributed by atoms with Crippen LogP contribution in [-0.2, 0) is 6.54 Å². The van der Waals surface area contributed by atoms with E-state index in [9.17, 15) is 4.79 Å². The van der Waals surface area contributed by atoms with Crippen LogP contribution in [0.3, 0.4) is 0 Å². The highest BCUT2D eigenvalue weighted by Gasteiger charge is 2.15. The van der Waals surface area contributed by atoms with E-state index in [1.165, 1.54) is 0 Å². The number of nitrogens with zero attached hydrogens (tertiary/aromatic N) is 6. The highest BCUT2D eigenvalue weighted by Crippen LogP contribution is 2.24. The first-order valence-corrected chi connectivity index (χ1v) is 10.9. The van der Waals surface area contributed by atoms with Crippen LogP contribution in [0.15, 0.2) is 59.4 Å². The molecule has 2 aromatic heterocycles. The first-order valence-electron chi connectivity index (χ1n) is 10.9. The third-order valence-corrected chi connectivity index (χ3v) is 5.52. The minimum Gasteiger partial charge on any atom is -0.271 e. The molecule has 0 saturated heterocycles. The second kappa shape index (κ2) is 9.55. The van der Waals surface area contributed by atoms with E-state index in [-0.39, 0.29) is 11.7 Å². The Hall–Kier alpha value is -3.81. The van der Waals surface area contributed by atoms with Gasteiger partial charge in [0.25, 0.3) is 0 Å². The number of aromatic amines is 1. The lowest BCUT2D eigenvalue weighted by molar-refractivity contribution is 0.457. The van der Waals surface area contributed by atoms with Gasteiger partial charge in [0.1, 0.15) is 0 Å². The van der Waals surface area contributed by atoms with Crippen molar-refractivity contribution in [3.05, 3.63) is 76.5 Å². The van der Waals surface area contributed by atoms with Crippen molar-refractivity contribution in [2.75, 3.05) is 0 Å². The Labute approximate surface area is 186 Å². The predicted molar refractivity (Wildman–Crippen MR) is 125 cm³/mol. The minimum absolute atomic E-state index is 0.0615. The highest BCUT2D eigenvalue weighted by molar-refractivity contribution is 5.70. The molecule has 0 radical (unpaired) electrons. The lowest BCUT2D eigenvalue weighted by Crippen LogP contribution is -2.27. The number of allylic oxidation sites excluding steroid dienone is 1. The van der Waals surface area contributed by atoms with Crippen molar-refractivity contribution in [3.63, 3.8) is 0 Å². The monoisotopic (exact) mass is 429 g/mol. The molecule has 1 unspecified atom stereocenters. The van der Waals surface area contributed by atoms with Crippen molar-refractivity contribution >= 4 is 6.08 Å². The van der Waals surface area contributed by atoms with E-state index in [2.05, 4.69) is 63.8 Å². The van der Waals surface area contributed by atoms with Gasteiger partial charge in [-0.1, -0.05) is 62.4 Å². The Morgan fingerprint density at radius 3 is 2.53 bits per heavy atom. The van der Waals surface area contributed by atoms with Gasteiger partial charge in [-0.05, 0) is 53.8 Å². The first kappa shape index (κ1) is 21.4. The van der Waals surface area contributed by atoms with Gasteiger partial charge in [0, 0.05) is 5.56 Å². The maximum atomic E-state index is 13.0. The van der Waals surface area contributed by atoms with Crippen molar-refractivity contribution in [3.8, 4) is 22.5 Å². The van der Waals surface area contributed by atoms with Gasteiger partial charge in [-0.3, -0.25) is 4.57 Å². The Morgan fingerprint density at radius 2 is 1.84 bits per heavy atom. The normalized spacial score (nSPS) is 12.5. The standard InChI is InChI=1S/C24H27N7O/c1-4-6-10-22-27-31(17(3)5-2)24(32)30(22)16-18-11-13-19(14-12-18)20-8-7-9-21(15-20)23-25-28-29-26-23/h6-15,17H,4-5,16H2,1-3H3,(H,25,26,28,29). The largest absolute Gasteiger partial charge is 0.346 e. The number of rotatable bonds is 8. The number of hydrogen-bond acceptors (Lipinski definition) is 5. The maximum Gasteiger partial charge on any atom is 0.346 e. The van der Waals surface area contributed by atoms with E-state index < -0.39 is 0 Å². The summed E-state index contributed by atoms with van der Waals surface area (Å²) in [6, 6.07) is 16.3. The van der Waals surface area contributed by atoms with E-state index in [4.69, 9.17) is 0 Å².